The van der Waals surface area contributed by atoms with E-state index in [2.05, 4.69) is 0 Å². The largest absolute Gasteiger partial charge is 0.493 e. The highest BCUT2D eigenvalue weighted by molar-refractivity contribution is 6.68. The van der Waals surface area contributed by atoms with Crippen molar-refractivity contribution in [2.45, 2.75) is 19.3 Å². The molecular formula is C14H15ClO3. The minimum atomic E-state index is -0.396. The second-order valence-corrected chi connectivity index (χ2v) is 4.51. The van der Waals surface area contributed by atoms with E-state index in [0.29, 0.717) is 23.5 Å². The summed E-state index contributed by atoms with van der Waals surface area (Å²) in [5.41, 5.74) is 2.68. The highest BCUT2D eigenvalue weighted by Gasteiger charge is 2.18. The molecule has 1 aromatic rings. The summed E-state index contributed by atoms with van der Waals surface area (Å²) in [5.74, 6) is 1.32. The van der Waals surface area contributed by atoms with Crippen molar-refractivity contribution in [1.82, 2.24) is 0 Å². The summed E-state index contributed by atoms with van der Waals surface area (Å²) in [5, 5.41) is -0.396. The molecule has 0 saturated heterocycles. The van der Waals surface area contributed by atoms with Gasteiger partial charge in [0.2, 0.25) is 5.24 Å². The molecule has 0 bridgehead atoms. The Morgan fingerprint density at radius 2 is 2.00 bits per heavy atom. The van der Waals surface area contributed by atoms with Crippen molar-refractivity contribution in [3.8, 4) is 11.5 Å². The third-order valence-electron chi connectivity index (χ3n) is 3.14. The molecule has 1 aliphatic carbocycles. The molecule has 0 aromatic heterocycles. The van der Waals surface area contributed by atoms with Gasteiger partial charge in [0.1, 0.15) is 0 Å². The van der Waals surface area contributed by atoms with E-state index in [4.69, 9.17) is 21.1 Å². The Kier molecular flexibility index (Phi) is 3.92. The van der Waals surface area contributed by atoms with Crippen molar-refractivity contribution in [2.75, 3.05) is 14.2 Å². The molecule has 1 aliphatic rings. The lowest BCUT2D eigenvalue weighted by molar-refractivity contribution is -0.108. The summed E-state index contributed by atoms with van der Waals surface area (Å²) in [7, 11) is 3.19. The lowest BCUT2D eigenvalue weighted by atomic mass is 10.0. The number of benzene rings is 1. The molecule has 18 heavy (non-hydrogen) atoms. The number of aryl methyl sites for hydroxylation is 1. The average Bonchev–Trinajstić information content (AvgIpc) is 2.59. The quantitative estimate of drug-likeness (QED) is 0.788. The van der Waals surface area contributed by atoms with Crippen LogP contribution in [0.2, 0.25) is 0 Å². The van der Waals surface area contributed by atoms with Crippen LogP contribution < -0.4 is 9.47 Å². The first-order chi connectivity index (χ1) is 8.67. The van der Waals surface area contributed by atoms with Crippen molar-refractivity contribution in [1.29, 1.82) is 0 Å². The number of carbonyl (C=O) groups is 1. The number of fused-ring (bicyclic) bond motifs is 1. The fourth-order valence-corrected chi connectivity index (χ4v) is 2.39. The zero-order valence-corrected chi connectivity index (χ0v) is 11.2. The maximum absolute atomic E-state index is 11.3. The molecule has 0 unspecified atom stereocenters. The molecule has 0 radical (unpaired) electrons. The minimum Gasteiger partial charge on any atom is -0.493 e. The molecule has 0 aliphatic heterocycles. The number of methoxy groups -OCH3 is 2. The fraction of sp³-hybridized carbons (Fsp3) is 0.357. The van der Waals surface area contributed by atoms with Crippen LogP contribution in [-0.2, 0) is 11.2 Å². The number of rotatable bonds is 3. The molecule has 96 valence electrons. The lowest BCUT2D eigenvalue weighted by Gasteiger charge is -2.13. The summed E-state index contributed by atoms with van der Waals surface area (Å²) in [6.45, 7) is 0. The summed E-state index contributed by atoms with van der Waals surface area (Å²) in [4.78, 5) is 11.3. The van der Waals surface area contributed by atoms with Crippen LogP contribution in [0.3, 0.4) is 0 Å². The normalized spacial score (nSPS) is 14.3. The van der Waals surface area contributed by atoms with Crippen LogP contribution in [0.15, 0.2) is 17.7 Å². The molecule has 0 fully saturated rings. The Labute approximate surface area is 111 Å². The molecule has 2 rings (SSSR count). The fourth-order valence-electron chi connectivity index (χ4n) is 2.24. The molecule has 0 amide bonds. The van der Waals surface area contributed by atoms with Crippen molar-refractivity contribution in [3.05, 3.63) is 28.8 Å². The average molecular weight is 267 g/mol. The summed E-state index contributed by atoms with van der Waals surface area (Å²) >= 11 is 5.59. The Bertz CT molecular complexity index is 506. The molecule has 0 atom stereocenters. The minimum absolute atomic E-state index is 0.396. The Hall–Kier alpha value is -1.48. The lowest BCUT2D eigenvalue weighted by Crippen LogP contribution is -1.97. The smallest absolute Gasteiger partial charge is 0.248 e. The van der Waals surface area contributed by atoms with Gasteiger partial charge in [0.05, 0.1) is 14.2 Å². The molecular weight excluding hydrogens is 252 g/mol. The summed E-state index contributed by atoms with van der Waals surface area (Å²) < 4.78 is 10.7. The first-order valence-electron chi connectivity index (χ1n) is 5.81. The van der Waals surface area contributed by atoms with E-state index in [-0.39, 0.29) is 0 Å². The molecule has 0 N–H and O–H groups in total. The van der Waals surface area contributed by atoms with Crippen LogP contribution in [0.4, 0.5) is 0 Å². The van der Waals surface area contributed by atoms with E-state index < -0.39 is 5.24 Å². The van der Waals surface area contributed by atoms with Gasteiger partial charge in [0.25, 0.3) is 0 Å². The van der Waals surface area contributed by atoms with Gasteiger partial charge in [-0.05, 0) is 48.6 Å². The molecule has 0 spiro atoms. The highest BCUT2D eigenvalue weighted by atomic mass is 35.5. The number of allylic oxidation sites excluding steroid dienone is 1. The second-order valence-electron chi connectivity index (χ2n) is 4.17. The van der Waals surface area contributed by atoms with Gasteiger partial charge in [0.15, 0.2) is 11.5 Å². The van der Waals surface area contributed by atoms with E-state index in [9.17, 15) is 4.79 Å². The number of carbonyl (C=O) groups excluding carboxylic acids is 1. The van der Waals surface area contributed by atoms with E-state index in [1.807, 2.05) is 18.2 Å². The van der Waals surface area contributed by atoms with Crippen molar-refractivity contribution < 1.29 is 14.3 Å². The van der Waals surface area contributed by atoms with E-state index in [0.717, 1.165) is 24.0 Å². The highest BCUT2D eigenvalue weighted by Crippen LogP contribution is 2.37. The van der Waals surface area contributed by atoms with Crippen LogP contribution in [0, 0.1) is 0 Å². The number of hydrogen-bond donors (Lipinski definition) is 0. The van der Waals surface area contributed by atoms with Crippen molar-refractivity contribution in [2.24, 2.45) is 0 Å². The first kappa shape index (κ1) is 13.0. The van der Waals surface area contributed by atoms with Gasteiger partial charge < -0.3 is 9.47 Å². The molecule has 3 nitrogen and oxygen atoms in total. The zero-order valence-electron chi connectivity index (χ0n) is 10.5. The second kappa shape index (κ2) is 5.44. The molecule has 1 aromatic carbocycles. The van der Waals surface area contributed by atoms with Crippen molar-refractivity contribution >= 4 is 22.9 Å². The monoisotopic (exact) mass is 266 g/mol. The topological polar surface area (TPSA) is 35.5 Å². The maximum Gasteiger partial charge on any atom is 0.248 e. The van der Waals surface area contributed by atoms with Gasteiger partial charge in [-0.25, -0.2) is 0 Å². The van der Waals surface area contributed by atoms with Gasteiger partial charge in [0, 0.05) is 11.1 Å². The predicted octanol–water partition coefficient (Wildman–Crippen LogP) is 3.19. The number of ether oxygens (including phenoxy) is 2. The van der Waals surface area contributed by atoms with E-state index >= 15 is 0 Å². The predicted molar refractivity (Wildman–Crippen MR) is 71.3 cm³/mol. The third-order valence-corrected chi connectivity index (χ3v) is 3.38. The SMILES string of the molecule is COc1ccc2c(c1OC)C=C(C(=O)Cl)CCC2. The Balaban J connectivity index is 2.61. The zero-order chi connectivity index (χ0) is 13.1. The van der Waals surface area contributed by atoms with Gasteiger partial charge in [-0.1, -0.05) is 6.07 Å². The number of halogens is 1. The summed E-state index contributed by atoms with van der Waals surface area (Å²) in [6.07, 6.45) is 4.33. The standard InChI is InChI=1S/C14H15ClO3/c1-17-12-7-6-9-4-3-5-10(14(15)16)8-11(9)13(12)18-2/h6-8H,3-5H2,1-2H3. The van der Waals surface area contributed by atoms with Crippen LogP contribution in [0.1, 0.15) is 24.0 Å². The summed E-state index contributed by atoms with van der Waals surface area (Å²) in [6, 6.07) is 3.90. The Morgan fingerprint density at radius 3 is 2.61 bits per heavy atom. The molecule has 0 heterocycles. The van der Waals surface area contributed by atoms with E-state index in [1.165, 1.54) is 0 Å². The first-order valence-corrected chi connectivity index (χ1v) is 6.19. The Morgan fingerprint density at radius 1 is 1.22 bits per heavy atom. The van der Waals surface area contributed by atoms with Crippen LogP contribution >= 0.6 is 11.6 Å². The van der Waals surface area contributed by atoms with E-state index in [1.54, 1.807) is 14.2 Å². The molecule has 4 heteroatoms. The molecule has 0 saturated carbocycles. The van der Waals surface area contributed by atoms with Crippen LogP contribution in [-0.4, -0.2) is 19.5 Å². The third kappa shape index (κ3) is 2.36. The number of hydrogen-bond acceptors (Lipinski definition) is 3. The van der Waals surface area contributed by atoms with Gasteiger partial charge in [-0.3, -0.25) is 4.79 Å². The van der Waals surface area contributed by atoms with Crippen molar-refractivity contribution in [3.63, 3.8) is 0 Å². The van der Waals surface area contributed by atoms with Gasteiger partial charge in [-0.2, -0.15) is 0 Å². The maximum atomic E-state index is 11.3. The van der Waals surface area contributed by atoms with Gasteiger partial charge in [-0.15, -0.1) is 0 Å². The van der Waals surface area contributed by atoms with Gasteiger partial charge >= 0.3 is 0 Å². The van der Waals surface area contributed by atoms with Crippen LogP contribution in [0.25, 0.3) is 6.08 Å². The van der Waals surface area contributed by atoms with Crippen LogP contribution in [0.5, 0.6) is 11.5 Å².